The molecule has 0 bridgehead atoms. The summed E-state index contributed by atoms with van der Waals surface area (Å²) >= 11 is 10.2. The van der Waals surface area contributed by atoms with Crippen molar-refractivity contribution >= 4 is 70.7 Å². The fraction of sp³-hybridized carbons (Fsp3) is 0.100. The Kier molecular flexibility index (Phi) is 6.74. The van der Waals surface area contributed by atoms with Gasteiger partial charge in [-0.25, -0.2) is 5.43 Å². The lowest BCUT2D eigenvalue weighted by Crippen LogP contribution is -2.24. The van der Waals surface area contributed by atoms with Gasteiger partial charge in [-0.05, 0) is 89.2 Å². The van der Waals surface area contributed by atoms with E-state index in [1.807, 2.05) is 49.4 Å². The lowest BCUT2D eigenvalue weighted by atomic mass is 10.0. The fourth-order valence-electron chi connectivity index (χ4n) is 2.62. The van der Waals surface area contributed by atoms with Gasteiger partial charge >= 0.3 is 0 Å². The van der Waals surface area contributed by atoms with Gasteiger partial charge in [-0.15, -0.1) is 0 Å². The first-order valence-electron chi connectivity index (χ1n) is 8.17. The predicted octanol–water partition coefficient (Wildman–Crippen LogP) is 5.67. The Morgan fingerprint density at radius 1 is 1.14 bits per heavy atom. The van der Waals surface area contributed by atoms with Gasteiger partial charge in [0.25, 0.3) is 5.91 Å². The lowest BCUT2D eigenvalue weighted by Gasteiger charge is -2.10. The number of rotatable bonds is 5. The third kappa shape index (κ3) is 4.74. The minimum atomic E-state index is -0.422. The summed E-state index contributed by atoms with van der Waals surface area (Å²) in [7, 11) is 0. The van der Waals surface area contributed by atoms with Crippen LogP contribution in [0.3, 0.4) is 0 Å². The lowest BCUT2D eigenvalue weighted by molar-refractivity contribution is -0.123. The molecule has 144 valence electrons. The number of nitrogens with one attached hydrogen (secondary N) is 1. The van der Waals surface area contributed by atoms with Crippen LogP contribution in [0.25, 0.3) is 10.8 Å². The summed E-state index contributed by atoms with van der Waals surface area (Å²) in [4.78, 5) is 12.1. The SMILES string of the molecule is Cc1cc(Br)c(OCC(=O)N/N=C\c2c(O)c(Br)cc3ccccc23)c(Br)c1. The zero-order valence-corrected chi connectivity index (χ0v) is 19.4. The highest BCUT2D eigenvalue weighted by molar-refractivity contribution is 9.11. The number of nitrogens with zero attached hydrogens (tertiary/aromatic N) is 1. The smallest absolute Gasteiger partial charge is 0.277 e. The van der Waals surface area contributed by atoms with E-state index in [-0.39, 0.29) is 12.4 Å². The standard InChI is InChI=1S/C20H15Br3N2O3/c1-11-6-16(22)20(17(23)7-11)28-10-18(26)25-24-9-14-13-5-3-2-4-12(13)8-15(21)19(14)27/h2-9,27H,10H2,1H3,(H,25,26)/b24-9-. The Morgan fingerprint density at radius 2 is 1.82 bits per heavy atom. The molecular weight excluding hydrogens is 556 g/mol. The molecule has 0 aromatic heterocycles. The van der Waals surface area contributed by atoms with Crippen LogP contribution in [-0.2, 0) is 4.79 Å². The van der Waals surface area contributed by atoms with Gasteiger partial charge in [0.05, 0.1) is 19.6 Å². The first-order chi connectivity index (χ1) is 13.4. The largest absolute Gasteiger partial charge is 0.506 e. The van der Waals surface area contributed by atoms with E-state index in [1.54, 1.807) is 0 Å². The summed E-state index contributed by atoms with van der Waals surface area (Å²) in [5.41, 5.74) is 3.98. The number of phenolic OH excluding ortho intramolecular Hbond substituents is 1. The number of hydrogen-bond acceptors (Lipinski definition) is 4. The minimum Gasteiger partial charge on any atom is -0.506 e. The van der Waals surface area contributed by atoms with E-state index >= 15 is 0 Å². The molecule has 0 aliphatic rings. The number of carbonyl (C=O) groups is 1. The highest BCUT2D eigenvalue weighted by atomic mass is 79.9. The molecule has 3 aromatic carbocycles. The molecule has 0 radical (unpaired) electrons. The second-order valence-electron chi connectivity index (χ2n) is 5.98. The Balaban J connectivity index is 1.70. The zero-order chi connectivity index (χ0) is 20.3. The van der Waals surface area contributed by atoms with Crippen LogP contribution in [0.15, 0.2) is 61.0 Å². The Morgan fingerprint density at radius 3 is 2.54 bits per heavy atom. The Hall–Kier alpha value is -1.90. The maximum Gasteiger partial charge on any atom is 0.277 e. The normalized spacial score (nSPS) is 11.1. The molecule has 0 saturated heterocycles. The van der Waals surface area contributed by atoms with Gasteiger partial charge in [-0.3, -0.25) is 4.79 Å². The van der Waals surface area contributed by atoms with Crippen molar-refractivity contribution in [3.05, 3.63) is 67.0 Å². The predicted molar refractivity (Wildman–Crippen MR) is 121 cm³/mol. The van der Waals surface area contributed by atoms with Crippen LogP contribution in [0.4, 0.5) is 0 Å². The molecule has 0 heterocycles. The van der Waals surface area contributed by atoms with Crippen molar-refractivity contribution in [3.8, 4) is 11.5 Å². The molecule has 0 fully saturated rings. The molecule has 2 N–H and O–H groups in total. The van der Waals surface area contributed by atoms with E-state index in [9.17, 15) is 9.90 Å². The number of aryl methyl sites for hydroxylation is 1. The third-order valence-corrected chi connectivity index (χ3v) is 5.67. The quantitative estimate of drug-likeness (QED) is 0.307. The number of amides is 1. The number of aromatic hydroxyl groups is 1. The van der Waals surface area contributed by atoms with Gasteiger partial charge < -0.3 is 9.84 Å². The molecule has 8 heteroatoms. The first-order valence-corrected chi connectivity index (χ1v) is 10.5. The highest BCUT2D eigenvalue weighted by Gasteiger charge is 2.11. The summed E-state index contributed by atoms with van der Waals surface area (Å²) in [5, 5.41) is 16.0. The van der Waals surface area contributed by atoms with Crippen molar-refractivity contribution in [2.45, 2.75) is 6.92 Å². The molecule has 0 unspecified atom stereocenters. The van der Waals surface area contributed by atoms with Gasteiger partial charge in [0.1, 0.15) is 11.5 Å². The summed E-state index contributed by atoms with van der Waals surface area (Å²) < 4.78 is 7.62. The molecule has 0 atom stereocenters. The number of benzene rings is 3. The second kappa shape index (κ2) is 9.07. The molecule has 0 saturated carbocycles. The van der Waals surface area contributed by atoms with Gasteiger partial charge in [0, 0.05) is 5.56 Å². The average molecular weight is 571 g/mol. The van der Waals surface area contributed by atoms with Crippen LogP contribution in [0.2, 0.25) is 0 Å². The topological polar surface area (TPSA) is 70.9 Å². The Bertz CT molecular complexity index is 1060. The van der Waals surface area contributed by atoms with Crippen molar-refractivity contribution in [1.82, 2.24) is 5.43 Å². The second-order valence-corrected chi connectivity index (χ2v) is 8.54. The van der Waals surface area contributed by atoms with Gasteiger partial charge in [0.2, 0.25) is 0 Å². The van der Waals surface area contributed by atoms with E-state index < -0.39 is 5.91 Å². The third-order valence-electron chi connectivity index (χ3n) is 3.89. The summed E-state index contributed by atoms with van der Waals surface area (Å²) in [6.45, 7) is 1.75. The van der Waals surface area contributed by atoms with Crippen LogP contribution in [-0.4, -0.2) is 23.8 Å². The maximum atomic E-state index is 12.1. The van der Waals surface area contributed by atoms with Crippen molar-refractivity contribution in [2.24, 2.45) is 5.10 Å². The fourth-order valence-corrected chi connectivity index (χ4v) is 4.73. The van der Waals surface area contributed by atoms with E-state index in [1.165, 1.54) is 6.21 Å². The first kappa shape index (κ1) is 20.8. The number of hydrogen-bond donors (Lipinski definition) is 2. The van der Waals surface area contributed by atoms with Crippen molar-refractivity contribution in [2.75, 3.05) is 6.61 Å². The van der Waals surface area contributed by atoms with Crippen LogP contribution in [0, 0.1) is 6.92 Å². The molecule has 28 heavy (non-hydrogen) atoms. The molecular formula is C20H15Br3N2O3. The monoisotopic (exact) mass is 568 g/mol. The van der Waals surface area contributed by atoms with Crippen molar-refractivity contribution in [1.29, 1.82) is 0 Å². The molecule has 3 rings (SSSR count). The molecule has 0 spiro atoms. The molecule has 0 aliphatic heterocycles. The molecule has 1 amide bonds. The van der Waals surface area contributed by atoms with Crippen molar-refractivity contribution in [3.63, 3.8) is 0 Å². The molecule has 0 aliphatic carbocycles. The van der Waals surface area contributed by atoms with E-state index in [2.05, 4.69) is 58.3 Å². The van der Waals surface area contributed by atoms with Crippen LogP contribution >= 0.6 is 47.8 Å². The Labute approximate surface area is 187 Å². The molecule has 5 nitrogen and oxygen atoms in total. The van der Waals surface area contributed by atoms with Gasteiger partial charge in [-0.2, -0.15) is 5.10 Å². The van der Waals surface area contributed by atoms with Crippen molar-refractivity contribution < 1.29 is 14.6 Å². The number of hydrazone groups is 1. The van der Waals surface area contributed by atoms with E-state index in [0.717, 1.165) is 25.3 Å². The summed E-state index contributed by atoms with van der Waals surface area (Å²) in [6.07, 6.45) is 1.41. The minimum absolute atomic E-state index is 0.0560. The van der Waals surface area contributed by atoms with E-state index in [4.69, 9.17) is 4.74 Å². The highest BCUT2D eigenvalue weighted by Crippen LogP contribution is 2.35. The average Bonchev–Trinajstić information content (AvgIpc) is 2.64. The van der Waals surface area contributed by atoms with Crippen LogP contribution < -0.4 is 10.2 Å². The number of ether oxygens (including phenoxy) is 1. The maximum absolute atomic E-state index is 12.1. The summed E-state index contributed by atoms with van der Waals surface area (Å²) in [6, 6.07) is 13.2. The number of fused-ring (bicyclic) bond motifs is 1. The van der Waals surface area contributed by atoms with E-state index in [0.29, 0.717) is 15.8 Å². The van der Waals surface area contributed by atoms with Gasteiger partial charge in [-0.1, -0.05) is 24.3 Å². The molecule has 3 aromatic rings. The zero-order valence-electron chi connectivity index (χ0n) is 14.7. The summed E-state index contributed by atoms with van der Waals surface area (Å²) in [5.74, 6) is 0.176. The number of phenols is 1. The number of halogens is 3. The van der Waals surface area contributed by atoms with Gasteiger partial charge in [0.15, 0.2) is 6.61 Å². The van der Waals surface area contributed by atoms with Crippen LogP contribution in [0.1, 0.15) is 11.1 Å². The van der Waals surface area contributed by atoms with Crippen LogP contribution in [0.5, 0.6) is 11.5 Å². The number of carbonyl (C=O) groups excluding carboxylic acids is 1.